The van der Waals surface area contributed by atoms with E-state index in [4.69, 9.17) is 4.74 Å². The van der Waals surface area contributed by atoms with Crippen LogP contribution in [-0.2, 0) is 4.74 Å². The quantitative estimate of drug-likeness (QED) is 0.651. The van der Waals surface area contributed by atoms with Gasteiger partial charge in [0.2, 0.25) is 0 Å². The van der Waals surface area contributed by atoms with Crippen LogP contribution in [0, 0.1) is 0 Å². The average molecular weight is 276 g/mol. The van der Waals surface area contributed by atoms with Crippen LogP contribution in [0.25, 0.3) is 10.9 Å². The van der Waals surface area contributed by atoms with Crippen LogP contribution in [0.5, 0.6) is 0 Å². The molecule has 0 fully saturated rings. The Bertz CT molecular complexity index is 587. The van der Waals surface area contributed by atoms with Crippen molar-refractivity contribution >= 4 is 29.4 Å². The highest BCUT2D eigenvalue weighted by molar-refractivity contribution is 7.80. The molecule has 0 bridgehead atoms. The summed E-state index contributed by atoms with van der Waals surface area (Å²) in [5.41, 5.74) is 1.37. The average Bonchev–Trinajstić information content (AvgIpc) is 2.43. The van der Waals surface area contributed by atoms with Gasteiger partial charge in [0.05, 0.1) is 11.1 Å². The molecule has 0 atom stereocenters. The van der Waals surface area contributed by atoms with Crippen LogP contribution in [0.15, 0.2) is 35.4 Å². The Hall–Kier alpha value is -1.59. The number of amides is 1. The number of pyridine rings is 1. The van der Waals surface area contributed by atoms with Crippen LogP contribution < -0.4 is 5.32 Å². The molecule has 0 saturated carbocycles. The standard InChI is InChI=1S/C14H16N2O2S/c1-18-7-3-6-15-14(17)11-8-10-4-2-5-12(19)13(10)16-9-11/h2,4-5,8-9,19H,3,6-7H2,1H3,(H,15,17). The van der Waals surface area contributed by atoms with Crippen LogP contribution in [-0.4, -0.2) is 31.2 Å². The van der Waals surface area contributed by atoms with Crippen LogP contribution in [0.4, 0.5) is 0 Å². The molecule has 1 aromatic carbocycles. The molecule has 0 radical (unpaired) electrons. The first kappa shape index (κ1) is 13.8. The molecule has 0 saturated heterocycles. The molecule has 1 amide bonds. The third kappa shape index (κ3) is 3.45. The second-order valence-electron chi connectivity index (χ2n) is 4.18. The lowest BCUT2D eigenvalue weighted by molar-refractivity contribution is 0.0948. The zero-order valence-electron chi connectivity index (χ0n) is 10.7. The summed E-state index contributed by atoms with van der Waals surface area (Å²) in [6.45, 7) is 1.23. The molecule has 0 aliphatic carbocycles. The normalized spacial score (nSPS) is 10.6. The highest BCUT2D eigenvalue weighted by Gasteiger charge is 2.07. The van der Waals surface area contributed by atoms with Crippen molar-refractivity contribution in [3.05, 3.63) is 36.0 Å². The second-order valence-corrected chi connectivity index (χ2v) is 4.66. The van der Waals surface area contributed by atoms with E-state index in [2.05, 4.69) is 22.9 Å². The number of thiol groups is 1. The Morgan fingerprint density at radius 3 is 3.11 bits per heavy atom. The van der Waals surface area contributed by atoms with Gasteiger partial charge in [-0.25, -0.2) is 0 Å². The molecule has 5 heteroatoms. The maximum Gasteiger partial charge on any atom is 0.252 e. The van der Waals surface area contributed by atoms with Crippen LogP contribution in [0.3, 0.4) is 0 Å². The number of hydrogen-bond acceptors (Lipinski definition) is 4. The number of ether oxygens (including phenoxy) is 1. The summed E-state index contributed by atoms with van der Waals surface area (Å²) >= 11 is 4.34. The highest BCUT2D eigenvalue weighted by atomic mass is 32.1. The summed E-state index contributed by atoms with van der Waals surface area (Å²) in [4.78, 5) is 17.0. The highest BCUT2D eigenvalue weighted by Crippen LogP contribution is 2.20. The number of para-hydroxylation sites is 1. The molecule has 19 heavy (non-hydrogen) atoms. The van der Waals surface area contributed by atoms with Gasteiger partial charge in [-0.2, -0.15) is 0 Å². The molecule has 0 aliphatic heterocycles. The minimum absolute atomic E-state index is 0.116. The largest absolute Gasteiger partial charge is 0.385 e. The van der Waals surface area contributed by atoms with Gasteiger partial charge in [-0.05, 0) is 18.6 Å². The van der Waals surface area contributed by atoms with E-state index in [9.17, 15) is 4.79 Å². The van der Waals surface area contributed by atoms with Gasteiger partial charge in [0.15, 0.2) is 0 Å². The number of nitrogens with one attached hydrogen (secondary N) is 1. The van der Waals surface area contributed by atoms with Gasteiger partial charge in [-0.3, -0.25) is 9.78 Å². The lowest BCUT2D eigenvalue weighted by Gasteiger charge is -2.06. The van der Waals surface area contributed by atoms with E-state index < -0.39 is 0 Å². The van der Waals surface area contributed by atoms with Crippen molar-refractivity contribution in [2.24, 2.45) is 0 Å². The lowest BCUT2D eigenvalue weighted by atomic mass is 10.1. The number of fused-ring (bicyclic) bond motifs is 1. The SMILES string of the molecule is COCCCNC(=O)c1cnc2c(S)cccc2c1. The van der Waals surface area contributed by atoms with Gasteiger partial charge < -0.3 is 10.1 Å². The Morgan fingerprint density at radius 2 is 2.32 bits per heavy atom. The monoisotopic (exact) mass is 276 g/mol. The maximum atomic E-state index is 11.9. The van der Waals surface area contributed by atoms with Gasteiger partial charge in [-0.1, -0.05) is 12.1 Å². The zero-order valence-corrected chi connectivity index (χ0v) is 11.6. The third-order valence-electron chi connectivity index (χ3n) is 2.76. The van der Waals surface area contributed by atoms with E-state index in [1.54, 1.807) is 13.3 Å². The smallest absolute Gasteiger partial charge is 0.252 e. The first-order chi connectivity index (χ1) is 9.22. The summed E-state index contributed by atoms with van der Waals surface area (Å²) in [6.07, 6.45) is 2.37. The van der Waals surface area contributed by atoms with Gasteiger partial charge in [0.1, 0.15) is 0 Å². The number of nitrogens with zero attached hydrogens (tertiary/aromatic N) is 1. The van der Waals surface area contributed by atoms with Crippen molar-refractivity contribution in [1.29, 1.82) is 0 Å². The number of carbonyl (C=O) groups excluding carboxylic acids is 1. The van der Waals surface area contributed by atoms with E-state index >= 15 is 0 Å². The topological polar surface area (TPSA) is 51.2 Å². The van der Waals surface area contributed by atoms with Gasteiger partial charge in [0, 0.05) is 36.7 Å². The first-order valence-electron chi connectivity index (χ1n) is 6.07. The van der Waals surface area contributed by atoms with Crippen LogP contribution in [0.1, 0.15) is 16.8 Å². The molecule has 1 heterocycles. The molecule has 0 spiro atoms. The summed E-state index contributed by atoms with van der Waals surface area (Å²) in [6, 6.07) is 7.52. The number of carbonyl (C=O) groups is 1. The Morgan fingerprint density at radius 1 is 1.47 bits per heavy atom. The molecular weight excluding hydrogens is 260 g/mol. The Kier molecular flexibility index (Phi) is 4.76. The zero-order chi connectivity index (χ0) is 13.7. The number of methoxy groups -OCH3 is 1. The second kappa shape index (κ2) is 6.54. The van der Waals surface area contributed by atoms with E-state index in [0.29, 0.717) is 18.7 Å². The molecule has 0 unspecified atom stereocenters. The van der Waals surface area contributed by atoms with Gasteiger partial charge in [0.25, 0.3) is 5.91 Å². The van der Waals surface area contributed by atoms with Gasteiger partial charge >= 0.3 is 0 Å². The molecule has 4 nitrogen and oxygen atoms in total. The molecule has 0 aliphatic rings. The lowest BCUT2D eigenvalue weighted by Crippen LogP contribution is -2.25. The fourth-order valence-corrected chi connectivity index (χ4v) is 2.06. The minimum atomic E-state index is -0.116. The molecule has 2 aromatic rings. The molecular formula is C14H16N2O2S. The Balaban J connectivity index is 2.10. The first-order valence-corrected chi connectivity index (χ1v) is 6.52. The maximum absolute atomic E-state index is 11.9. The summed E-state index contributed by atoms with van der Waals surface area (Å²) in [5, 5.41) is 3.75. The summed E-state index contributed by atoms with van der Waals surface area (Å²) in [5.74, 6) is -0.116. The number of rotatable bonds is 5. The number of benzene rings is 1. The predicted molar refractivity (Wildman–Crippen MR) is 77.8 cm³/mol. The van der Waals surface area contributed by atoms with Crippen LogP contribution in [0.2, 0.25) is 0 Å². The molecule has 2 rings (SSSR count). The van der Waals surface area contributed by atoms with E-state index in [1.165, 1.54) is 0 Å². The number of aromatic nitrogens is 1. The molecule has 100 valence electrons. The minimum Gasteiger partial charge on any atom is -0.385 e. The molecule has 1 N–H and O–H groups in total. The van der Waals surface area contributed by atoms with Crippen molar-refractivity contribution in [1.82, 2.24) is 10.3 Å². The van der Waals surface area contributed by atoms with E-state index in [0.717, 1.165) is 22.2 Å². The van der Waals surface area contributed by atoms with Crippen molar-refractivity contribution in [2.45, 2.75) is 11.3 Å². The number of hydrogen-bond donors (Lipinski definition) is 2. The molecule has 1 aromatic heterocycles. The predicted octanol–water partition coefficient (Wildman–Crippen LogP) is 2.29. The van der Waals surface area contributed by atoms with Crippen molar-refractivity contribution in [3.8, 4) is 0 Å². The van der Waals surface area contributed by atoms with Crippen molar-refractivity contribution < 1.29 is 9.53 Å². The van der Waals surface area contributed by atoms with E-state index in [-0.39, 0.29) is 5.91 Å². The van der Waals surface area contributed by atoms with Gasteiger partial charge in [-0.15, -0.1) is 12.6 Å². The third-order valence-corrected chi connectivity index (χ3v) is 3.12. The van der Waals surface area contributed by atoms with Crippen molar-refractivity contribution in [3.63, 3.8) is 0 Å². The van der Waals surface area contributed by atoms with Crippen molar-refractivity contribution in [2.75, 3.05) is 20.3 Å². The fraction of sp³-hybridized carbons (Fsp3) is 0.286. The summed E-state index contributed by atoms with van der Waals surface area (Å²) in [7, 11) is 1.64. The Labute approximate surface area is 117 Å². The fourth-order valence-electron chi connectivity index (χ4n) is 1.79. The van der Waals surface area contributed by atoms with Crippen LogP contribution >= 0.6 is 12.6 Å². The van der Waals surface area contributed by atoms with E-state index in [1.807, 2.05) is 24.3 Å². The summed E-state index contributed by atoms with van der Waals surface area (Å²) < 4.78 is 4.93.